The van der Waals surface area contributed by atoms with Crippen LogP contribution in [0, 0.1) is 13.8 Å². The van der Waals surface area contributed by atoms with Crippen LogP contribution >= 0.6 is 22.9 Å². The summed E-state index contributed by atoms with van der Waals surface area (Å²) in [6, 6.07) is 3.46. The molecule has 0 aromatic carbocycles. The minimum Gasteiger partial charge on any atom is -0.454 e. The first kappa shape index (κ1) is 17.3. The number of halogens is 1. The fourth-order valence-corrected chi connectivity index (χ4v) is 3.87. The topological polar surface area (TPSA) is 73.0 Å². The van der Waals surface area contributed by atoms with E-state index in [9.17, 15) is 4.79 Å². The minimum atomic E-state index is -0.247. The molecule has 3 aromatic rings. The summed E-state index contributed by atoms with van der Waals surface area (Å²) < 4.78 is 7.43. The number of carbonyl (C=O) groups is 1. The van der Waals surface area contributed by atoms with Crippen LogP contribution in [0.2, 0.25) is 5.02 Å². The Kier molecular flexibility index (Phi) is 4.58. The van der Waals surface area contributed by atoms with E-state index in [1.165, 1.54) is 17.8 Å². The first-order valence-electron chi connectivity index (χ1n) is 8.52. The Balaban J connectivity index is 1.37. The molecule has 26 heavy (non-hydrogen) atoms. The van der Waals surface area contributed by atoms with E-state index >= 15 is 0 Å². The van der Waals surface area contributed by atoms with E-state index in [4.69, 9.17) is 16.0 Å². The van der Waals surface area contributed by atoms with Crippen molar-refractivity contribution in [3.05, 3.63) is 56.1 Å². The number of furan rings is 1. The fraction of sp³-hybridized carbons (Fsp3) is 0.389. The third kappa shape index (κ3) is 3.54. The van der Waals surface area contributed by atoms with Crippen LogP contribution in [0.4, 0.5) is 0 Å². The fourth-order valence-electron chi connectivity index (χ4n) is 2.74. The van der Waals surface area contributed by atoms with Crippen molar-refractivity contribution in [3.63, 3.8) is 0 Å². The third-order valence-electron chi connectivity index (χ3n) is 4.41. The van der Waals surface area contributed by atoms with E-state index in [0.29, 0.717) is 29.8 Å². The summed E-state index contributed by atoms with van der Waals surface area (Å²) >= 11 is 7.83. The second-order valence-electron chi connectivity index (χ2n) is 6.54. The number of thiazole rings is 1. The number of nitrogens with zero attached hydrogens (tertiary/aromatic N) is 3. The molecule has 0 aliphatic heterocycles. The van der Waals surface area contributed by atoms with E-state index in [2.05, 4.69) is 15.4 Å². The Labute approximate surface area is 160 Å². The van der Waals surface area contributed by atoms with Crippen LogP contribution in [0.5, 0.6) is 0 Å². The van der Waals surface area contributed by atoms with Gasteiger partial charge in [0.25, 0.3) is 5.91 Å². The van der Waals surface area contributed by atoms with Gasteiger partial charge in [-0.3, -0.25) is 9.48 Å². The van der Waals surface area contributed by atoms with Gasteiger partial charge in [-0.15, -0.1) is 11.3 Å². The molecule has 0 saturated heterocycles. The average Bonchev–Trinajstić information content (AvgIpc) is 3.10. The Morgan fingerprint density at radius 1 is 1.42 bits per heavy atom. The van der Waals surface area contributed by atoms with E-state index in [1.54, 1.807) is 28.2 Å². The van der Waals surface area contributed by atoms with Crippen LogP contribution in [-0.2, 0) is 13.1 Å². The highest BCUT2D eigenvalue weighted by atomic mass is 35.5. The molecule has 0 bridgehead atoms. The van der Waals surface area contributed by atoms with Gasteiger partial charge in [0, 0.05) is 11.3 Å². The molecule has 1 amide bonds. The lowest BCUT2D eigenvalue weighted by Crippen LogP contribution is -2.22. The minimum absolute atomic E-state index is 0.247. The molecule has 0 spiro atoms. The quantitative estimate of drug-likeness (QED) is 0.688. The summed E-state index contributed by atoms with van der Waals surface area (Å²) in [5.41, 5.74) is 2.55. The maximum atomic E-state index is 12.3. The standard InChI is InChI=1S/C18H19ClN4O2S/c1-10-16(19)11(2)23(22-10)8-14-5-6-15(25-14)17(24)20-7-13-9-26-18(21-13)12-3-4-12/h5-6,9,12H,3-4,7-8H2,1-2H3,(H,20,24). The number of aromatic nitrogens is 3. The van der Waals surface area contributed by atoms with Gasteiger partial charge in [-0.25, -0.2) is 4.98 Å². The Morgan fingerprint density at radius 3 is 2.92 bits per heavy atom. The van der Waals surface area contributed by atoms with Gasteiger partial charge in [0.05, 0.1) is 40.2 Å². The van der Waals surface area contributed by atoms with Crippen molar-refractivity contribution in [3.8, 4) is 0 Å². The zero-order chi connectivity index (χ0) is 18.3. The first-order chi connectivity index (χ1) is 12.5. The lowest BCUT2D eigenvalue weighted by Gasteiger charge is -2.02. The normalized spacial score (nSPS) is 14.0. The van der Waals surface area contributed by atoms with Crippen LogP contribution in [-0.4, -0.2) is 20.7 Å². The molecule has 1 saturated carbocycles. The number of amides is 1. The van der Waals surface area contributed by atoms with Gasteiger partial charge in [0.2, 0.25) is 0 Å². The van der Waals surface area contributed by atoms with Crippen LogP contribution in [0.3, 0.4) is 0 Å². The average molecular weight is 391 g/mol. The summed E-state index contributed by atoms with van der Waals surface area (Å²) in [6.45, 7) is 4.61. The summed E-state index contributed by atoms with van der Waals surface area (Å²) in [5, 5.41) is 11.1. The van der Waals surface area contributed by atoms with Crippen molar-refractivity contribution in [2.45, 2.75) is 45.7 Å². The molecule has 1 aliphatic rings. The van der Waals surface area contributed by atoms with Crippen LogP contribution in [0.1, 0.15) is 57.2 Å². The molecule has 1 N–H and O–H groups in total. The van der Waals surface area contributed by atoms with Crippen molar-refractivity contribution in [1.29, 1.82) is 0 Å². The number of hydrogen-bond donors (Lipinski definition) is 1. The molecule has 6 nitrogen and oxygen atoms in total. The lowest BCUT2D eigenvalue weighted by molar-refractivity contribution is 0.0920. The second-order valence-corrected chi connectivity index (χ2v) is 7.81. The Morgan fingerprint density at radius 2 is 2.23 bits per heavy atom. The number of carbonyl (C=O) groups excluding carboxylic acids is 1. The molecule has 1 aliphatic carbocycles. The van der Waals surface area contributed by atoms with Gasteiger partial charge < -0.3 is 9.73 Å². The van der Waals surface area contributed by atoms with Crippen molar-refractivity contribution in [1.82, 2.24) is 20.1 Å². The van der Waals surface area contributed by atoms with Crippen molar-refractivity contribution in [2.24, 2.45) is 0 Å². The third-order valence-corrected chi connectivity index (χ3v) is 6.01. The molecule has 136 valence electrons. The SMILES string of the molecule is Cc1nn(Cc2ccc(C(=O)NCc3csc(C4CC4)n3)o2)c(C)c1Cl. The molecule has 4 rings (SSSR count). The number of hydrogen-bond acceptors (Lipinski definition) is 5. The number of nitrogens with one attached hydrogen (secondary N) is 1. The van der Waals surface area contributed by atoms with E-state index in [1.807, 2.05) is 19.2 Å². The summed E-state index contributed by atoms with van der Waals surface area (Å²) in [6.07, 6.45) is 2.46. The van der Waals surface area contributed by atoms with Crippen LogP contribution in [0.25, 0.3) is 0 Å². The molecule has 8 heteroatoms. The van der Waals surface area contributed by atoms with Gasteiger partial charge >= 0.3 is 0 Å². The van der Waals surface area contributed by atoms with E-state index in [0.717, 1.165) is 17.1 Å². The zero-order valence-corrected chi connectivity index (χ0v) is 16.2. The molecular weight excluding hydrogens is 372 g/mol. The summed E-state index contributed by atoms with van der Waals surface area (Å²) in [5.74, 6) is 1.33. The van der Waals surface area contributed by atoms with Gasteiger partial charge in [0.1, 0.15) is 5.76 Å². The highest BCUT2D eigenvalue weighted by molar-refractivity contribution is 7.09. The first-order valence-corrected chi connectivity index (χ1v) is 9.77. The smallest absolute Gasteiger partial charge is 0.287 e. The van der Waals surface area contributed by atoms with Crippen molar-refractivity contribution < 1.29 is 9.21 Å². The predicted molar refractivity (Wildman–Crippen MR) is 99.8 cm³/mol. The molecule has 0 atom stereocenters. The largest absolute Gasteiger partial charge is 0.454 e. The highest BCUT2D eigenvalue weighted by Gasteiger charge is 2.26. The second kappa shape index (κ2) is 6.89. The zero-order valence-electron chi connectivity index (χ0n) is 14.6. The summed E-state index contributed by atoms with van der Waals surface area (Å²) in [4.78, 5) is 16.9. The molecule has 0 radical (unpaired) electrons. The molecule has 1 fully saturated rings. The molecule has 3 aromatic heterocycles. The van der Waals surface area contributed by atoms with Gasteiger partial charge in [-0.2, -0.15) is 5.10 Å². The maximum absolute atomic E-state index is 12.3. The Bertz CT molecular complexity index is 954. The van der Waals surface area contributed by atoms with E-state index < -0.39 is 0 Å². The Hall–Kier alpha value is -2.12. The van der Waals surface area contributed by atoms with Crippen molar-refractivity contribution >= 4 is 28.8 Å². The van der Waals surface area contributed by atoms with Gasteiger partial charge in [-0.05, 0) is 38.8 Å². The van der Waals surface area contributed by atoms with Gasteiger partial charge in [-0.1, -0.05) is 11.6 Å². The molecular formula is C18H19ClN4O2S. The van der Waals surface area contributed by atoms with Crippen LogP contribution < -0.4 is 5.32 Å². The molecule has 3 heterocycles. The molecule has 0 unspecified atom stereocenters. The van der Waals surface area contributed by atoms with Crippen LogP contribution in [0.15, 0.2) is 21.9 Å². The van der Waals surface area contributed by atoms with E-state index in [-0.39, 0.29) is 11.7 Å². The lowest BCUT2D eigenvalue weighted by atomic mass is 10.3. The highest BCUT2D eigenvalue weighted by Crippen LogP contribution is 2.41. The monoisotopic (exact) mass is 390 g/mol. The summed E-state index contributed by atoms with van der Waals surface area (Å²) in [7, 11) is 0. The number of aryl methyl sites for hydroxylation is 1. The predicted octanol–water partition coefficient (Wildman–Crippen LogP) is 4.06. The van der Waals surface area contributed by atoms with Gasteiger partial charge in [0.15, 0.2) is 5.76 Å². The maximum Gasteiger partial charge on any atom is 0.287 e. The number of rotatable bonds is 6. The van der Waals surface area contributed by atoms with Crippen molar-refractivity contribution in [2.75, 3.05) is 0 Å².